The second-order valence-corrected chi connectivity index (χ2v) is 34.7. The Kier molecular flexibility index (Phi) is 29.5. The summed E-state index contributed by atoms with van der Waals surface area (Å²) in [5.74, 6) is 5.51. The molecule has 148 heavy (non-hydrogen) atoms. The van der Waals surface area contributed by atoms with Crippen LogP contribution < -0.4 is 77.7 Å². The van der Waals surface area contributed by atoms with E-state index in [1.807, 2.05) is 210 Å². The van der Waals surface area contributed by atoms with Gasteiger partial charge in [-0.05, 0) is 220 Å². The summed E-state index contributed by atoms with van der Waals surface area (Å²) in [7, 11) is 8.27. The minimum absolute atomic E-state index is 0. The summed E-state index contributed by atoms with van der Waals surface area (Å²) >= 11 is 0. The van der Waals surface area contributed by atoms with E-state index in [-0.39, 0.29) is 111 Å². The van der Waals surface area contributed by atoms with Crippen LogP contribution in [0.1, 0.15) is 0 Å². The summed E-state index contributed by atoms with van der Waals surface area (Å²) in [5, 5.41) is 8.78. The molecule has 0 spiro atoms. The molecule has 0 saturated heterocycles. The van der Waals surface area contributed by atoms with Crippen LogP contribution in [0.25, 0.3) is 33.9 Å². The van der Waals surface area contributed by atoms with Crippen LogP contribution in [-0.2, 0) is 84.3 Å². The van der Waals surface area contributed by atoms with E-state index in [0.717, 1.165) is 188 Å². The van der Waals surface area contributed by atoms with Crippen molar-refractivity contribution in [3.05, 3.63) is 491 Å². The van der Waals surface area contributed by atoms with Crippen molar-refractivity contribution in [3.8, 4) is 68.4 Å². The first-order valence-corrected chi connectivity index (χ1v) is 46.7. The number of pyridine rings is 2. The predicted molar refractivity (Wildman–Crippen MR) is 577 cm³/mol. The number of rotatable bonds is 12. The summed E-state index contributed by atoms with van der Waals surface area (Å²) in [4.78, 5) is 35.2. The standard InChI is InChI=1S/C31H22N4O.C31H21N4O.C29H20N5O.C29H23N5O.2CH3.4Pt/c1-33-21-34(27-13-3-2-12-26(27)33)23-9-8-10-24(20-23)35-28-14-4-5-15-30(28)36-31-17-16-22(19-29(31)35)25-11-6-7-18-32-25;1-33-21-34(27-13-3-2-12-26(27)33)23-16-17-31-29(20-23)35(28-14-4-5-15-30(28)36-31)24-10-8-9-22(19-24)25-11-6-7-18-32-25;1-31-20-32(25-11-3-2-10-24(25)31)21-14-15-29-27(19-21)34(26-12-4-5-13-28(26)35-29)23-9-6-8-22(18-23)33-17-7-16-30-33;1-31-20-32(25-11-3-2-10-24(25)31)21-8-6-9-23(18-21)34-26-12-4-5-13-28(26)35-29-15-14-22(19-27(29)34)33-17-7-16-30-33;;;;;;/h2-18,20-21H,1H3;2-18,21H,1H3;2-17,20H,1H3;2-18,20,27,29H,1H3;2*1H3;;;;/q-2;2*-3;-2;2*-1;;;;. The molecule has 8 aliphatic heterocycles. The fourth-order valence-electron chi connectivity index (χ4n) is 19.4. The third-order valence-corrected chi connectivity index (χ3v) is 25.9. The second-order valence-electron chi connectivity index (χ2n) is 34.7. The number of nitrogens with zero attached hydrogens (tertiary/aromatic N) is 18. The van der Waals surface area contributed by atoms with Gasteiger partial charge in [-0.15, -0.1) is 131 Å². The van der Waals surface area contributed by atoms with Crippen LogP contribution in [0.3, 0.4) is 0 Å². The molecule has 1 aliphatic carbocycles. The largest absolute Gasteiger partial charge is 0.513 e. The van der Waals surface area contributed by atoms with E-state index >= 15 is 0 Å². The van der Waals surface area contributed by atoms with Gasteiger partial charge in [0.25, 0.3) is 0 Å². The number of anilines is 23. The first kappa shape index (κ1) is 101. The third kappa shape index (κ3) is 19.0. The Morgan fingerprint density at radius 2 is 0.655 bits per heavy atom. The van der Waals surface area contributed by atoms with Crippen molar-refractivity contribution in [2.45, 2.75) is 12.1 Å². The zero-order valence-electron chi connectivity index (χ0n) is 80.7. The maximum atomic E-state index is 6.39. The summed E-state index contributed by atoms with van der Waals surface area (Å²) < 4.78 is 28.9. The van der Waals surface area contributed by atoms with Crippen molar-refractivity contribution in [1.29, 1.82) is 0 Å². The van der Waals surface area contributed by atoms with E-state index in [0.29, 0.717) is 0 Å². The van der Waals surface area contributed by atoms with Crippen molar-refractivity contribution in [1.82, 2.24) is 29.5 Å². The monoisotopic (exact) mass is 2650 g/mol. The first-order valence-electron chi connectivity index (χ1n) is 46.7. The first-order chi connectivity index (χ1) is 70.0. The summed E-state index contributed by atoms with van der Waals surface area (Å²) in [6.07, 6.45) is 18.6. The van der Waals surface area contributed by atoms with Gasteiger partial charge in [0, 0.05) is 213 Å². The molecule has 0 bridgehead atoms. The van der Waals surface area contributed by atoms with E-state index in [1.54, 1.807) is 24.8 Å². The van der Waals surface area contributed by atoms with Gasteiger partial charge in [-0.3, -0.25) is 9.36 Å². The minimum Gasteiger partial charge on any atom is -0.513 e. The summed E-state index contributed by atoms with van der Waals surface area (Å²) in [5.41, 5.74) is 28.9. The van der Waals surface area contributed by atoms with Gasteiger partial charge >= 0.3 is 0 Å². The van der Waals surface area contributed by atoms with Gasteiger partial charge in [-0.25, -0.2) is 6.08 Å². The van der Waals surface area contributed by atoms with Crippen LogP contribution in [0.4, 0.5) is 131 Å². The van der Waals surface area contributed by atoms with E-state index in [2.05, 4.69) is 358 Å². The predicted octanol–water partition coefficient (Wildman–Crippen LogP) is 28.9. The Labute approximate surface area is 920 Å². The normalized spacial score (nSPS) is 14.7. The molecule has 19 aromatic rings. The number of benzene rings is 15. The molecule has 2 unspecified atom stereocenters. The summed E-state index contributed by atoms with van der Waals surface area (Å²) in [6.45, 7) is 8.41. The van der Waals surface area contributed by atoms with Gasteiger partial charge in [0.15, 0.2) is 0 Å². The number of aromatic nitrogens is 6. The van der Waals surface area contributed by atoms with Crippen molar-refractivity contribution in [2.75, 3.05) is 87.0 Å². The van der Waals surface area contributed by atoms with Crippen LogP contribution in [0, 0.1) is 77.9 Å². The van der Waals surface area contributed by atoms with Gasteiger partial charge in [-0.2, -0.15) is 49.0 Å². The van der Waals surface area contributed by atoms with Gasteiger partial charge in [0.1, 0.15) is 29.1 Å². The van der Waals surface area contributed by atoms with E-state index in [1.165, 1.54) is 17.1 Å². The van der Waals surface area contributed by atoms with E-state index in [4.69, 9.17) is 18.9 Å². The van der Waals surface area contributed by atoms with Gasteiger partial charge in [0.2, 0.25) is 0 Å². The smallest absolute Gasteiger partial charge is 0.143 e. The molecule has 0 N–H and O–H groups in total. The molecule has 12 heterocycles. The number of hydrogen-bond donors (Lipinski definition) is 0. The number of allylic oxidation sites excluding steroid dienone is 2. The Hall–Kier alpha value is -15.9. The fourth-order valence-corrected chi connectivity index (χ4v) is 19.4. The Bertz CT molecular complexity index is 8030. The molecular weight excluding hydrogens is 2560 g/mol. The Morgan fingerprint density at radius 3 is 1.14 bits per heavy atom. The fraction of sp³-hybridized carbons (Fsp3) is 0.0492. The van der Waals surface area contributed by atoms with Gasteiger partial charge in [-0.1, -0.05) is 139 Å². The zero-order valence-corrected chi connectivity index (χ0v) is 89.8. The molecule has 0 radical (unpaired) electrons. The quantitative estimate of drug-likeness (QED) is 0.107. The SMILES string of the molecule is CN1[CH-]N(c2[c-]c3c(cc2)Oc2ccccc2N3c2[c-]c(-c3ccccn3)ccc2)c2ccccc21.CN1[CH-]N(c2[c-]c3c(cc2)Oc2ccccc2N3c2[c-]c(-n3cccn3)ccc2)c2ccccc21.CN1[CH-]N(c2cccc(N3c4[c-]c(-c5ccccn5)ccc4Oc4ccccc43)c2)c2ccccc21.CN1[CH-]N(c2cccc(N3c4ccccc4OC4C=CC(n5cccn5)=[C-]C43)c2)c2ccccc21.[CH3-].[CH3-].[Pt].[Pt].[Pt].[Pt]. The number of ether oxygens (including phenoxy) is 4. The minimum atomic E-state index is -0.155. The molecule has 746 valence electrons. The van der Waals surface area contributed by atoms with Gasteiger partial charge in [0.05, 0.1) is 28.5 Å². The number of para-hydroxylation sites is 16. The van der Waals surface area contributed by atoms with Crippen molar-refractivity contribution in [2.24, 2.45) is 0 Å². The molecule has 28 rings (SSSR count). The Balaban J connectivity index is 0.000000122. The van der Waals surface area contributed by atoms with Crippen molar-refractivity contribution < 1.29 is 103 Å². The average Bonchev–Trinajstić information content (AvgIpc) is 1.41. The van der Waals surface area contributed by atoms with Crippen LogP contribution in [0.15, 0.2) is 413 Å². The van der Waals surface area contributed by atoms with Crippen LogP contribution in [0.5, 0.6) is 40.2 Å². The molecule has 22 nitrogen and oxygen atoms in total. The molecule has 0 fully saturated rings. The summed E-state index contributed by atoms with van der Waals surface area (Å²) in [6, 6.07) is 141. The molecule has 0 amide bonds. The van der Waals surface area contributed by atoms with Gasteiger partial charge < -0.3 is 103 Å². The molecule has 2 atom stereocenters. The number of fused-ring (bicyclic) bond motifs is 12. The van der Waals surface area contributed by atoms with Crippen molar-refractivity contribution >= 4 is 137 Å². The second kappa shape index (κ2) is 43.4. The van der Waals surface area contributed by atoms with Crippen LogP contribution in [0.2, 0.25) is 0 Å². The maximum absolute atomic E-state index is 6.39. The van der Waals surface area contributed by atoms with Crippen LogP contribution in [-0.4, -0.2) is 69.9 Å². The topological polar surface area (TPSA) is 137 Å². The number of hydrogen-bond acceptors (Lipinski definition) is 20. The molecule has 4 aromatic heterocycles. The average molecular weight is 2650 g/mol. The molecule has 15 aromatic carbocycles. The molecule has 9 aliphatic rings. The third-order valence-electron chi connectivity index (χ3n) is 25.9. The van der Waals surface area contributed by atoms with Crippen molar-refractivity contribution in [3.63, 3.8) is 0 Å². The van der Waals surface area contributed by atoms with Crippen LogP contribution >= 0.6 is 0 Å². The van der Waals surface area contributed by atoms with E-state index in [9.17, 15) is 0 Å². The molecular formula is C122H92N18O4Pt4-12. The molecule has 26 heteroatoms. The Morgan fingerprint density at radius 1 is 0.277 bits per heavy atom. The van der Waals surface area contributed by atoms with E-state index < -0.39 is 0 Å². The maximum Gasteiger partial charge on any atom is 0.143 e. The zero-order chi connectivity index (χ0) is 94.8. The molecule has 0 saturated carbocycles.